The van der Waals surface area contributed by atoms with E-state index in [1.165, 1.54) is 18.6 Å². The van der Waals surface area contributed by atoms with E-state index in [0.29, 0.717) is 11.3 Å². The van der Waals surface area contributed by atoms with Crippen molar-refractivity contribution in [2.45, 2.75) is 6.61 Å². The van der Waals surface area contributed by atoms with Gasteiger partial charge in [0.05, 0.1) is 18.6 Å². The van der Waals surface area contributed by atoms with Crippen molar-refractivity contribution < 1.29 is 14.3 Å². The van der Waals surface area contributed by atoms with E-state index in [-0.39, 0.29) is 23.8 Å². The van der Waals surface area contributed by atoms with E-state index < -0.39 is 5.82 Å². The molecule has 4 aromatic rings. The van der Waals surface area contributed by atoms with Gasteiger partial charge in [-0.15, -0.1) is 0 Å². The number of H-pyrrole nitrogens is 2. The summed E-state index contributed by atoms with van der Waals surface area (Å²) in [7, 11) is 0. The highest BCUT2D eigenvalue weighted by Gasteiger charge is 2.12. The zero-order chi connectivity index (χ0) is 18.1. The number of fused-ring (bicyclic) bond motifs is 1. The third-order valence-electron chi connectivity index (χ3n) is 4.22. The number of anilines is 1. The summed E-state index contributed by atoms with van der Waals surface area (Å²) in [6.07, 6.45) is 4.66. The Morgan fingerprint density at radius 1 is 1.15 bits per heavy atom. The molecule has 0 saturated carbocycles. The van der Waals surface area contributed by atoms with Crippen molar-refractivity contribution in [2.75, 3.05) is 5.32 Å². The SMILES string of the molecule is O=C(Nc1c[nH]c2ccc(-c3ccc(CO)c(F)c3)cc12)c1c[nH]cn1. The molecule has 6 nitrogen and oxygen atoms in total. The number of imidazole rings is 1. The van der Waals surface area contributed by atoms with Crippen LogP contribution in [0.1, 0.15) is 16.1 Å². The van der Waals surface area contributed by atoms with Gasteiger partial charge in [-0.3, -0.25) is 4.79 Å². The Morgan fingerprint density at radius 3 is 2.69 bits per heavy atom. The fourth-order valence-corrected chi connectivity index (χ4v) is 2.83. The van der Waals surface area contributed by atoms with Crippen molar-refractivity contribution in [1.29, 1.82) is 0 Å². The average molecular weight is 350 g/mol. The number of carbonyl (C=O) groups excluding carboxylic acids is 1. The van der Waals surface area contributed by atoms with Gasteiger partial charge >= 0.3 is 0 Å². The largest absolute Gasteiger partial charge is 0.392 e. The maximum atomic E-state index is 14.0. The first kappa shape index (κ1) is 16.0. The number of amides is 1. The number of aliphatic hydroxyl groups is 1. The molecule has 0 unspecified atom stereocenters. The van der Waals surface area contributed by atoms with Crippen molar-refractivity contribution in [3.8, 4) is 11.1 Å². The van der Waals surface area contributed by atoms with Gasteiger partial charge in [0.25, 0.3) is 5.91 Å². The summed E-state index contributed by atoms with van der Waals surface area (Å²) < 4.78 is 14.0. The highest BCUT2D eigenvalue weighted by molar-refractivity contribution is 6.08. The number of aromatic amines is 2. The number of rotatable bonds is 4. The summed E-state index contributed by atoms with van der Waals surface area (Å²) in [4.78, 5) is 22.0. The van der Waals surface area contributed by atoms with E-state index >= 15 is 0 Å². The van der Waals surface area contributed by atoms with Crippen LogP contribution in [-0.2, 0) is 6.61 Å². The molecule has 1 amide bonds. The molecule has 26 heavy (non-hydrogen) atoms. The maximum Gasteiger partial charge on any atom is 0.275 e. The standard InChI is InChI=1S/C19H15FN4O2/c20-15-6-12(1-2-13(15)9-25)11-3-4-16-14(5-11)17(8-22-16)24-19(26)18-7-21-10-23-18/h1-8,10,22,25H,9H2,(H,21,23)(H,24,26). The molecule has 2 aromatic heterocycles. The first-order valence-corrected chi connectivity index (χ1v) is 7.96. The van der Waals surface area contributed by atoms with Crippen molar-refractivity contribution in [3.05, 3.63) is 72.2 Å². The lowest BCUT2D eigenvalue weighted by Gasteiger charge is -2.06. The van der Waals surface area contributed by atoms with Crippen LogP contribution in [-0.4, -0.2) is 26.0 Å². The van der Waals surface area contributed by atoms with Crippen LogP contribution >= 0.6 is 0 Å². The third-order valence-corrected chi connectivity index (χ3v) is 4.22. The van der Waals surface area contributed by atoms with Crippen LogP contribution in [0.2, 0.25) is 0 Å². The molecule has 0 fully saturated rings. The second-order valence-electron chi connectivity index (χ2n) is 5.84. The molecule has 4 N–H and O–H groups in total. The van der Waals surface area contributed by atoms with Gasteiger partial charge in [-0.2, -0.15) is 0 Å². The predicted octanol–water partition coefficient (Wildman–Crippen LogP) is 3.44. The number of halogens is 1. The van der Waals surface area contributed by atoms with Gasteiger partial charge in [0.2, 0.25) is 0 Å². The molecular weight excluding hydrogens is 335 g/mol. The zero-order valence-corrected chi connectivity index (χ0v) is 13.6. The van der Waals surface area contributed by atoms with Crippen molar-refractivity contribution in [1.82, 2.24) is 15.0 Å². The lowest BCUT2D eigenvalue weighted by Crippen LogP contribution is -2.11. The molecule has 0 saturated heterocycles. The van der Waals surface area contributed by atoms with E-state index in [9.17, 15) is 9.18 Å². The number of hydrogen-bond acceptors (Lipinski definition) is 3. The van der Waals surface area contributed by atoms with E-state index in [2.05, 4.69) is 20.3 Å². The molecule has 0 atom stereocenters. The molecule has 0 bridgehead atoms. The molecule has 0 spiro atoms. The van der Waals surface area contributed by atoms with E-state index in [1.54, 1.807) is 18.3 Å². The molecule has 130 valence electrons. The van der Waals surface area contributed by atoms with E-state index in [1.807, 2.05) is 18.2 Å². The van der Waals surface area contributed by atoms with Crippen molar-refractivity contribution >= 4 is 22.5 Å². The Morgan fingerprint density at radius 2 is 1.96 bits per heavy atom. The maximum absolute atomic E-state index is 14.0. The number of hydrogen-bond donors (Lipinski definition) is 4. The first-order valence-electron chi connectivity index (χ1n) is 7.96. The van der Waals surface area contributed by atoms with Gasteiger partial charge in [0.15, 0.2) is 0 Å². The monoisotopic (exact) mass is 350 g/mol. The zero-order valence-electron chi connectivity index (χ0n) is 13.6. The summed E-state index contributed by atoms with van der Waals surface area (Å²) in [6, 6.07) is 10.3. The Hall–Kier alpha value is -3.45. The van der Waals surface area contributed by atoms with Crippen LogP contribution in [0.5, 0.6) is 0 Å². The first-order chi connectivity index (χ1) is 12.7. The average Bonchev–Trinajstić information content (AvgIpc) is 3.31. The van der Waals surface area contributed by atoms with Gasteiger partial charge < -0.3 is 20.4 Å². The molecule has 0 radical (unpaired) electrons. The molecule has 4 rings (SSSR count). The highest BCUT2D eigenvalue weighted by atomic mass is 19.1. The molecule has 0 aliphatic heterocycles. The lowest BCUT2D eigenvalue weighted by atomic mass is 10.0. The summed E-state index contributed by atoms with van der Waals surface area (Å²) >= 11 is 0. The third kappa shape index (κ3) is 2.84. The van der Waals surface area contributed by atoms with E-state index in [4.69, 9.17) is 5.11 Å². The van der Waals surface area contributed by atoms with Gasteiger partial charge in [0.1, 0.15) is 11.5 Å². The molecular formula is C19H15FN4O2. The quantitative estimate of drug-likeness (QED) is 0.454. The predicted molar refractivity (Wildman–Crippen MR) is 96.2 cm³/mol. The number of aliphatic hydroxyl groups excluding tert-OH is 1. The molecule has 2 heterocycles. The Balaban J connectivity index is 1.70. The minimum absolute atomic E-state index is 0.253. The minimum atomic E-state index is -0.453. The molecule has 2 aromatic carbocycles. The number of carbonyl (C=O) groups is 1. The summed E-state index contributed by atoms with van der Waals surface area (Å²) in [6.45, 7) is -0.341. The molecule has 0 aliphatic carbocycles. The van der Waals surface area contributed by atoms with Crippen LogP contribution in [0.3, 0.4) is 0 Å². The van der Waals surface area contributed by atoms with Crippen LogP contribution in [0.15, 0.2) is 55.1 Å². The second-order valence-corrected chi connectivity index (χ2v) is 5.84. The van der Waals surface area contributed by atoms with Crippen LogP contribution in [0, 0.1) is 5.82 Å². The van der Waals surface area contributed by atoms with Crippen LogP contribution in [0.25, 0.3) is 22.0 Å². The second kappa shape index (κ2) is 6.45. The van der Waals surface area contributed by atoms with Crippen molar-refractivity contribution in [3.63, 3.8) is 0 Å². The smallest absolute Gasteiger partial charge is 0.275 e. The normalized spacial score (nSPS) is 11.0. The molecule has 7 heteroatoms. The summed E-state index contributed by atoms with van der Waals surface area (Å²) in [5, 5.41) is 12.7. The fraction of sp³-hybridized carbons (Fsp3) is 0.0526. The number of nitrogens with one attached hydrogen (secondary N) is 3. The van der Waals surface area contributed by atoms with E-state index in [0.717, 1.165) is 16.5 Å². The van der Waals surface area contributed by atoms with Crippen LogP contribution in [0.4, 0.5) is 10.1 Å². The number of aromatic nitrogens is 3. The number of nitrogens with zero attached hydrogens (tertiary/aromatic N) is 1. The Labute approximate surface area is 147 Å². The topological polar surface area (TPSA) is 93.8 Å². The van der Waals surface area contributed by atoms with Gasteiger partial charge in [-0.05, 0) is 29.3 Å². The molecule has 0 aliphatic rings. The van der Waals surface area contributed by atoms with Crippen molar-refractivity contribution in [2.24, 2.45) is 0 Å². The van der Waals surface area contributed by atoms with Gasteiger partial charge in [-0.1, -0.05) is 18.2 Å². The van der Waals surface area contributed by atoms with Gasteiger partial charge in [0, 0.05) is 28.9 Å². The Bertz CT molecular complexity index is 1090. The summed E-state index contributed by atoms with van der Waals surface area (Å²) in [5.41, 5.74) is 3.49. The lowest BCUT2D eigenvalue weighted by molar-refractivity contribution is 0.102. The van der Waals surface area contributed by atoms with Gasteiger partial charge in [-0.25, -0.2) is 9.37 Å². The number of benzene rings is 2. The minimum Gasteiger partial charge on any atom is -0.392 e. The summed E-state index contributed by atoms with van der Waals surface area (Å²) in [5.74, 6) is -0.776. The fourth-order valence-electron chi connectivity index (χ4n) is 2.83. The van der Waals surface area contributed by atoms with Crippen LogP contribution < -0.4 is 5.32 Å². The highest BCUT2D eigenvalue weighted by Crippen LogP contribution is 2.30. The Kier molecular flexibility index (Phi) is 3.98.